The number of nitrogens with zero attached hydrogens (tertiary/aromatic N) is 1. The molecule has 0 atom stereocenters. The van der Waals surface area contributed by atoms with Gasteiger partial charge in [0.05, 0.1) is 11.9 Å². The van der Waals surface area contributed by atoms with Gasteiger partial charge in [0.25, 0.3) is 0 Å². The number of aryl methyl sites for hydroxylation is 1. The first kappa shape index (κ1) is 15.9. The molecule has 1 aromatic carbocycles. The lowest BCUT2D eigenvalue weighted by Gasteiger charge is -2.13. The molecule has 0 amide bonds. The highest BCUT2D eigenvalue weighted by molar-refractivity contribution is 5.83. The van der Waals surface area contributed by atoms with Gasteiger partial charge in [0.2, 0.25) is 0 Å². The Morgan fingerprint density at radius 3 is 2.62 bits per heavy atom. The van der Waals surface area contributed by atoms with Gasteiger partial charge in [-0.05, 0) is 29.5 Å². The molecule has 0 aliphatic rings. The number of aromatic nitrogens is 1. The van der Waals surface area contributed by atoms with Crippen LogP contribution in [-0.4, -0.2) is 17.3 Å². The zero-order valence-electron chi connectivity index (χ0n) is 12.4. The summed E-state index contributed by atoms with van der Waals surface area (Å²) in [6.45, 7) is 5.78. The van der Waals surface area contributed by atoms with E-state index in [2.05, 4.69) is 19.2 Å². The van der Waals surface area contributed by atoms with Gasteiger partial charge in [-0.2, -0.15) is 13.2 Å². The summed E-state index contributed by atoms with van der Waals surface area (Å²) < 4.78 is 38.9. The summed E-state index contributed by atoms with van der Waals surface area (Å²) in [6, 6.07) is 7.73. The van der Waals surface area contributed by atoms with E-state index >= 15 is 0 Å². The Labute approximate surface area is 122 Å². The zero-order chi connectivity index (χ0) is 15.5. The van der Waals surface area contributed by atoms with E-state index in [0.29, 0.717) is 12.5 Å². The smallest absolute Gasteiger partial charge is 0.347 e. The van der Waals surface area contributed by atoms with Gasteiger partial charge in [-0.3, -0.25) is 0 Å². The summed E-state index contributed by atoms with van der Waals surface area (Å²) in [5.74, 6) is 0.543. The number of nitrogens with one attached hydrogen (secondary N) is 1. The van der Waals surface area contributed by atoms with Crippen LogP contribution in [0.15, 0.2) is 30.5 Å². The number of rotatable bonds is 6. The normalized spacial score (nSPS) is 12.5. The first-order valence-electron chi connectivity index (χ1n) is 7.21. The van der Waals surface area contributed by atoms with Crippen LogP contribution in [0.2, 0.25) is 0 Å². The predicted octanol–water partition coefficient (Wildman–Crippen LogP) is 4.34. The first-order valence-corrected chi connectivity index (χ1v) is 7.21. The summed E-state index contributed by atoms with van der Waals surface area (Å²) in [5.41, 5.74) is 1.94. The Balaban J connectivity index is 2.18. The summed E-state index contributed by atoms with van der Waals surface area (Å²) in [6.07, 6.45) is -3.19. The maximum absolute atomic E-state index is 12.4. The van der Waals surface area contributed by atoms with E-state index in [1.54, 1.807) is 10.8 Å². The summed E-state index contributed by atoms with van der Waals surface area (Å²) in [7, 11) is 0. The fraction of sp³-hybridized carbons (Fsp3) is 0.500. The molecule has 116 valence electrons. The van der Waals surface area contributed by atoms with Crippen LogP contribution in [0.3, 0.4) is 0 Å². The summed E-state index contributed by atoms with van der Waals surface area (Å²) in [5, 5.41) is 4.33. The van der Waals surface area contributed by atoms with Crippen LogP contribution in [0.1, 0.15) is 25.8 Å². The molecule has 1 heterocycles. The molecular weight excluding hydrogens is 277 g/mol. The molecule has 1 N–H and O–H groups in total. The van der Waals surface area contributed by atoms with Crippen LogP contribution in [-0.2, 0) is 13.1 Å². The standard InChI is InChI=1S/C16H21F3N2/c1-12(2)10-20-11-14-5-3-4-13-6-8-21(15(13)14)9-7-16(17,18)19/h3-6,8,12,20H,7,9-11H2,1-2H3. The second-order valence-corrected chi connectivity index (χ2v) is 5.75. The SMILES string of the molecule is CC(C)CNCc1cccc2ccn(CCC(F)(F)F)c12. The fourth-order valence-corrected chi connectivity index (χ4v) is 2.41. The van der Waals surface area contributed by atoms with E-state index in [0.717, 1.165) is 23.0 Å². The molecule has 21 heavy (non-hydrogen) atoms. The molecule has 0 aliphatic heterocycles. The summed E-state index contributed by atoms with van der Waals surface area (Å²) >= 11 is 0. The highest BCUT2D eigenvalue weighted by Crippen LogP contribution is 2.25. The third kappa shape index (κ3) is 4.49. The summed E-state index contributed by atoms with van der Waals surface area (Å²) in [4.78, 5) is 0. The molecule has 1 aromatic heterocycles. The lowest BCUT2D eigenvalue weighted by atomic mass is 10.1. The van der Waals surface area contributed by atoms with Crippen molar-refractivity contribution in [2.24, 2.45) is 5.92 Å². The molecule has 0 unspecified atom stereocenters. The van der Waals surface area contributed by atoms with E-state index < -0.39 is 12.6 Å². The highest BCUT2D eigenvalue weighted by atomic mass is 19.4. The van der Waals surface area contributed by atoms with Gasteiger partial charge in [0.15, 0.2) is 0 Å². The van der Waals surface area contributed by atoms with Gasteiger partial charge in [-0.25, -0.2) is 0 Å². The van der Waals surface area contributed by atoms with Crippen molar-refractivity contribution in [3.8, 4) is 0 Å². The third-order valence-corrected chi connectivity index (χ3v) is 3.38. The Kier molecular flexibility index (Phi) is 4.93. The van der Waals surface area contributed by atoms with Crippen LogP contribution in [0.5, 0.6) is 0 Å². The number of para-hydroxylation sites is 1. The van der Waals surface area contributed by atoms with E-state index in [1.807, 2.05) is 24.3 Å². The number of hydrogen-bond acceptors (Lipinski definition) is 1. The lowest BCUT2D eigenvalue weighted by Crippen LogP contribution is -2.19. The number of hydrogen-bond donors (Lipinski definition) is 1. The number of fused-ring (bicyclic) bond motifs is 1. The topological polar surface area (TPSA) is 17.0 Å². The predicted molar refractivity (Wildman–Crippen MR) is 79.2 cm³/mol. The molecule has 0 bridgehead atoms. The molecule has 5 heteroatoms. The van der Waals surface area contributed by atoms with Crippen LogP contribution < -0.4 is 5.32 Å². The van der Waals surface area contributed by atoms with Gasteiger partial charge in [-0.1, -0.05) is 32.0 Å². The van der Waals surface area contributed by atoms with Crippen LogP contribution in [0, 0.1) is 5.92 Å². The van der Waals surface area contributed by atoms with Crippen molar-refractivity contribution in [2.45, 2.75) is 39.5 Å². The Bertz CT molecular complexity index is 585. The highest BCUT2D eigenvalue weighted by Gasteiger charge is 2.26. The van der Waals surface area contributed by atoms with Crippen molar-refractivity contribution in [1.29, 1.82) is 0 Å². The monoisotopic (exact) mass is 298 g/mol. The largest absolute Gasteiger partial charge is 0.390 e. The van der Waals surface area contributed by atoms with Crippen LogP contribution in [0.25, 0.3) is 10.9 Å². The number of alkyl halides is 3. The average Bonchev–Trinajstić information content (AvgIpc) is 2.79. The Hall–Kier alpha value is -1.49. The van der Waals surface area contributed by atoms with Crippen molar-refractivity contribution >= 4 is 10.9 Å². The van der Waals surface area contributed by atoms with Gasteiger partial charge in [0, 0.05) is 19.3 Å². The molecule has 0 saturated heterocycles. The van der Waals surface area contributed by atoms with Crippen molar-refractivity contribution < 1.29 is 13.2 Å². The van der Waals surface area contributed by atoms with E-state index in [9.17, 15) is 13.2 Å². The van der Waals surface area contributed by atoms with Gasteiger partial charge >= 0.3 is 6.18 Å². The van der Waals surface area contributed by atoms with Crippen LogP contribution >= 0.6 is 0 Å². The molecule has 0 aliphatic carbocycles. The molecule has 0 spiro atoms. The number of halogens is 3. The fourth-order valence-electron chi connectivity index (χ4n) is 2.41. The van der Waals surface area contributed by atoms with Crippen molar-refractivity contribution in [3.05, 3.63) is 36.0 Å². The van der Waals surface area contributed by atoms with Gasteiger partial charge in [0.1, 0.15) is 0 Å². The third-order valence-electron chi connectivity index (χ3n) is 3.38. The minimum absolute atomic E-state index is 0.0335. The molecular formula is C16H21F3N2. The molecule has 0 saturated carbocycles. The van der Waals surface area contributed by atoms with Gasteiger partial charge in [-0.15, -0.1) is 0 Å². The average molecular weight is 298 g/mol. The maximum atomic E-state index is 12.4. The molecule has 0 radical (unpaired) electrons. The van der Waals surface area contributed by atoms with Crippen molar-refractivity contribution in [1.82, 2.24) is 9.88 Å². The molecule has 2 nitrogen and oxygen atoms in total. The zero-order valence-corrected chi connectivity index (χ0v) is 12.4. The molecule has 0 fully saturated rings. The second-order valence-electron chi connectivity index (χ2n) is 5.75. The Morgan fingerprint density at radius 1 is 1.19 bits per heavy atom. The molecule has 2 aromatic rings. The van der Waals surface area contributed by atoms with Crippen molar-refractivity contribution in [3.63, 3.8) is 0 Å². The Morgan fingerprint density at radius 2 is 1.95 bits per heavy atom. The van der Waals surface area contributed by atoms with Crippen LogP contribution in [0.4, 0.5) is 13.2 Å². The number of benzene rings is 1. The minimum Gasteiger partial charge on any atom is -0.347 e. The quantitative estimate of drug-likeness (QED) is 0.839. The lowest BCUT2D eigenvalue weighted by molar-refractivity contribution is -0.136. The van der Waals surface area contributed by atoms with E-state index in [-0.39, 0.29) is 6.54 Å². The van der Waals surface area contributed by atoms with E-state index in [4.69, 9.17) is 0 Å². The maximum Gasteiger partial charge on any atom is 0.390 e. The van der Waals surface area contributed by atoms with E-state index in [1.165, 1.54) is 0 Å². The van der Waals surface area contributed by atoms with Gasteiger partial charge < -0.3 is 9.88 Å². The second kappa shape index (κ2) is 6.52. The first-order chi connectivity index (χ1) is 9.87. The minimum atomic E-state index is -4.12. The molecule has 2 rings (SSSR count). The van der Waals surface area contributed by atoms with Crippen molar-refractivity contribution in [2.75, 3.05) is 6.54 Å².